The molecular formula is C8H8ClFN2O3S. The Labute approximate surface area is 96.4 Å². The van der Waals surface area contributed by atoms with Crippen LogP contribution < -0.4 is 10.5 Å². The molecule has 88 valence electrons. The van der Waals surface area contributed by atoms with Crippen LogP contribution in [0.25, 0.3) is 0 Å². The van der Waals surface area contributed by atoms with Gasteiger partial charge in [0, 0.05) is 0 Å². The summed E-state index contributed by atoms with van der Waals surface area (Å²) < 4.78 is 38.0. The van der Waals surface area contributed by atoms with Crippen molar-refractivity contribution in [2.75, 3.05) is 7.05 Å². The summed E-state index contributed by atoms with van der Waals surface area (Å²) >= 11 is 5.56. The van der Waals surface area contributed by atoms with Gasteiger partial charge in [0.15, 0.2) is 0 Å². The first-order valence-electron chi connectivity index (χ1n) is 4.02. The lowest BCUT2D eigenvalue weighted by atomic mass is 10.2. The molecule has 5 nitrogen and oxygen atoms in total. The van der Waals surface area contributed by atoms with Crippen LogP contribution in [0, 0.1) is 5.82 Å². The van der Waals surface area contributed by atoms with Crippen molar-refractivity contribution in [3.8, 4) is 0 Å². The van der Waals surface area contributed by atoms with Crippen molar-refractivity contribution in [2.45, 2.75) is 4.90 Å². The minimum absolute atomic E-state index is 0.322. The summed E-state index contributed by atoms with van der Waals surface area (Å²) in [5.41, 5.74) is 4.35. The molecular weight excluding hydrogens is 259 g/mol. The van der Waals surface area contributed by atoms with E-state index in [1.165, 1.54) is 7.05 Å². The number of hydrogen-bond acceptors (Lipinski definition) is 3. The molecule has 0 aliphatic heterocycles. The van der Waals surface area contributed by atoms with E-state index in [2.05, 4.69) is 0 Å². The van der Waals surface area contributed by atoms with Crippen LogP contribution in [0.15, 0.2) is 17.0 Å². The van der Waals surface area contributed by atoms with E-state index in [9.17, 15) is 17.6 Å². The highest BCUT2D eigenvalue weighted by Gasteiger charge is 2.20. The first kappa shape index (κ1) is 12.9. The van der Waals surface area contributed by atoms with Crippen LogP contribution in [0.5, 0.6) is 0 Å². The van der Waals surface area contributed by atoms with E-state index in [1.807, 2.05) is 4.72 Å². The number of halogens is 2. The number of carbonyl (C=O) groups excluding carboxylic acids is 1. The highest BCUT2D eigenvalue weighted by atomic mass is 35.5. The third kappa shape index (κ3) is 2.31. The number of rotatable bonds is 3. The summed E-state index contributed by atoms with van der Waals surface area (Å²) in [5, 5.41) is -0.322. The monoisotopic (exact) mass is 266 g/mol. The van der Waals surface area contributed by atoms with E-state index in [1.54, 1.807) is 0 Å². The summed E-state index contributed by atoms with van der Waals surface area (Å²) in [5.74, 6) is -2.03. The fourth-order valence-corrected chi connectivity index (χ4v) is 2.30. The molecule has 0 unspecified atom stereocenters. The van der Waals surface area contributed by atoms with Crippen molar-refractivity contribution in [2.24, 2.45) is 5.73 Å². The number of benzene rings is 1. The fraction of sp³-hybridized carbons (Fsp3) is 0.125. The molecule has 0 aliphatic carbocycles. The average molecular weight is 267 g/mol. The SMILES string of the molecule is CNS(=O)(=O)c1cc(C(N)=O)c(F)cc1Cl. The number of carbonyl (C=O) groups is 1. The van der Waals surface area contributed by atoms with E-state index in [4.69, 9.17) is 17.3 Å². The van der Waals surface area contributed by atoms with Gasteiger partial charge in [-0.15, -0.1) is 0 Å². The van der Waals surface area contributed by atoms with Crippen molar-refractivity contribution in [3.63, 3.8) is 0 Å². The molecule has 1 aromatic carbocycles. The minimum atomic E-state index is -3.86. The molecule has 16 heavy (non-hydrogen) atoms. The molecule has 1 amide bonds. The van der Waals surface area contributed by atoms with Crippen LogP contribution in [0.4, 0.5) is 4.39 Å². The molecule has 0 aliphatic rings. The molecule has 0 heterocycles. The Bertz CT molecular complexity index is 544. The third-order valence-corrected chi connectivity index (χ3v) is 3.72. The largest absolute Gasteiger partial charge is 0.366 e. The summed E-state index contributed by atoms with van der Waals surface area (Å²) in [4.78, 5) is 10.4. The Hall–Kier alpha value is -1.18. The lowest BCUT2D eigenvalue weighted by Crippen LogP contribution is -2.21. The van der Waals surface area contributed by atoms with Gasteiger partial charge in [-0.25, -0.2) is 17.5 Å². The zero-order valence-corrected chi connectivity index (χ0v) is 9.69. The second-order valence-electron chi connectivity index (χ2n) is 2.83. The Balaban J connectivity index is 3.55. The molecule has 8 heteroatoms. The maximum Gasteiger partial charge on any atom is 0.251 e. The summed E-state index contributed by atoms with van der Waals surface area (Å²) in [6.45, 7) is 0. The number of hydrogen-bond donors (Lipinski definition) is 2. The Kier molecular flexibility index (Phi) is 3.51. The summed E-state index contributed by atoms with van der Waals surface area (Å²) in [6.07, 6.45) is 0. The van der Waals surface area contributed by atoms with Gasteiger partial charge in [0.2, 0.25) is 10.0 Å². The van der Waals surface area contributed by atoms with Crippen LogP contribution >= 0.6 is 11.6 Å². The number of amides is 1. The second-order valence-corrected chi connectivity index (χ2v) is 5.10. The third-order valence-electron chi connectivity index (χ3n) is 1.85. The van der Waals surface area contributed by atoms with Gasteiger partial charge in [-0.3, -0.25) is 4.79 Å². The van der Waals surface area contributed by atoms with Crippen LogP contribution in [-0.4, -0.2) is 21.4 Å². The van der Waals surface area contributed by atoms with Gasteiger partial charge in [-0.1, -0.05) is 11.6 Å². The Morgan fingerprint density at radius 2 is 2.06 bits per heavy atom. The minimum Gasteiger partial charge on any atom is -0.366 e. The standard InChI is InChI=1S/C8H8ClFN2O3S/c1-12-16(14,15)7-2-4(8(11)13)6(10)3-5(7)9/h2-3,12H,1H3,(H2,11,13). The normalized spacial score (nSPS) is 11.4. The summed E-state index contributed by atoms with van der Waals surface area (Å²) in [6, 6.07) is 1.53. The predicted octanol–water partition coefficient (Wildman–Crippen LogP) is 0.486. The number of nitrogens with two attached hydrogens (primary N) is 1. The molecule has 0 saturated carbocycles. The zero-order valence-electron chi connectivity index (χ0n) is 8.12. The molecule has 0 spiro atoms. The highest BCUT2D eigenvalue weighted by molar-refractivity contribution is 7.89. The molecule has 1 aromatic rings. The molecule has 0 bridgehead atoms. The van der Waals surface area contributed by atoms with E-state index in [0.29, 0.717) is 0 Å². The smallest absolute Gasteiger partial charge is 0.251 e. The Morgan fingerprint density at radius 1 is 1.50 bits per heavy atom. The zero-order chi connectivity index (χ0) is 12.5. The van der Waals surface area contributed by atoms with Gasteiger partial charge >= 0.3 is 0 Å². The highest BCUT2D eigenvalue weighted by Crippen LogP contribution is 2.24. The van der Waals surface area contributed by atoms with Gasteiger partial charge in [-0.2, -0.15) is 0 Å². The Morgan fingerprint density at radius 3 is 2.50 bits per heavy atom. The van der Waals surface area contributed by atoms with E-state index >= 15 is 0 Å². The molecule has 3 N–H and O–H groups in total. The van der Waals surface area contributed by atoms with Crippen molar-refractivity contribution < 1.29 is 17.6 Å². The van der Waals surface area contributed by atoms with Gasteiger partial charge in [-0.05, 0) is 19.2 Å². The van der Waals surface area contributed by atoms with E-state index in [0.717, 1.165) is 12.1 Å². The quantitative estimate of drug-likeness (QED) is 0.834. The molecule has 0 atom stereocenters. The first-order chi connectivity index (χ1) is 7.29. The molecule has 0 radical (unpaired) electrons. The van der Waals surface area contributed by atoms with Crippen molar-refractivity contribution in [1.82, 2.24) is 4.72 Å². The van der Waals surface area contributed by atoms with Gasteiger partial charge in [0.05, 0.1) is 10.6 Å². The summed E-state index contributed by atoms with van der Waals surface area (Å²) in [7, 11) is -2.69. The number of nitrogens with one attached hydrogen (secondary N) is 1. The maximum atomic E-state index is 13.2. The number of primary amides is 1. The average Bonchev–Trinajstić information content (AvgIpc) is 2.16. The van der Waals surface area contributed by atoms with Crippen LogP contribution in [0.3, 0.4) is 0 Å². The lowest BCUT2D eigenvalue weighted by Gasteiger charge is -2.07. The van der Waals surface area contributed by atoms with Crippen LogP contribution in [-0.2, 0) is 10.0 Å². The molecule has 0 aromatic heterocycles. The van der Waals surface area contributed by atoms with Crippen molar-refractivity contribution in [3.05, 3.63) is 28.5 Å². The topological polar surface area (TPSA) is 89.3 Å². The first-order valence-corrected chi connectivity index (χ1v) is 5.88. The van der Waals surface area contributed by atoms with Gasteiger partial charge < -0.3 is 5.73 Å². The van der Waals surface area contributed by atoms with Crippen molar-refractivity contribution in [1.29, 1.82) is 0 Å². The maximum absolute atomic E-state index is 13.2. The molecule has 0 fully saturated rings. The van der Waals surface area contributed by atoms with E-state index < -0.39 is 32.2 Å². The lowest BCUT2D eigenvalue weighted by molar-refractivity contribution is 0.0996. The van der Waals surface area contributed by atoms with Gasteiger partial charge in [0.1, 0.15) is 10.7 Å². The fourth-order valence-electron chi connectivity index (χ4n) is 1.03. The number of sulfonamides is 1. The predicted molar refractivity (Wildman–Crippen MR) is 56.2 cm³/mol. The second kappa shape index (κ2) is 4.36. The molecule has 1 rings (SSSR count). The van der Waals surface area contributed by atoms with E-state index in [-0.39, 0.29) is 5.02 Å². The molecule has 0 saturated heterocycles. The van der Waals surface area contributed by atoms with Gasteiger partial charge in [0.25, 0.3) is 5.91 Å². The van der Waals surface area contributed by atoms with Crippen LogP contribution in [0.2, 0.25) is 5.02 Å². The van der Waals surface area contributed by atoms with Crippen molar-refractivity contribution >= 4 is 27.5 Å². The van der Waals surface area contributed by atoms with Crippen LogP contribution in [0.1, 0.15) is 10.4 Å².